The van der Waals surface area contributed by atoms with E-state index in [1.54, 1.807) is 0 Å². The van der Waals surface area contributed by atoms with Gasteiger partial charge in [-0.2, -0.15) is 26.3 Å². The van der Waals surface area contributed by atoms with E-state index in [4.69, 9.17) is 0 Å². The molecule has 1 fully saturated rings. The highest BCUT2D eigenvalue weighted by Crippen LogP contribution is 2.43. The Hall–Kier alpha value is -2.54. The van der Waals surface area contributed by atoms with Gasteiger partial charge in [0.05, 0.1) is 6.26 Å². The lowest BCUT2D eigenvalue weighted by Crippen LogP contribution is -2.50. The largest absolute Gasteiger partial charge is 0.463 e. The number of sulfonamides is 1. The van der Waals surface area contributed by atoms with Gasteiger partial charge < -0.3 is 9.32 Å². The van der Waals surface area contributed by atoms with Crippen LogP contribution in [0.1, 0.15) is 16.2 Å². The van der Waals surface area contributed by atoms with Crippen LogP contribution in [-0.2, 0) is 15.9 Å². The molecule has 0 atom stereocenters. The van der Waals surface area contributed by atoms with Crippen molar-refractivity contribution in [3.05, 3.63) is 42.0 Å². The van der Waals surface area contributed by atoms with Crippen LogP contribution in [0.15, 0.2) is 34.9 Å². The van der Waals surface area contributed by atoms with Crippen LogP contribution in [0.3, 0.4) is 0 Å². The Morgan fingerprint density at radius 1 is 1.03 bits per heavy atom. The van der Waals surface area contributed by atoms with Crippen LogP contribution in [0.4, 0.5) is 22.0 Å². The number of aromatic nitrogens is 1. The molecule has 0 radical (unpaired) electrons. The van der Waals surface area contributed by atoms with Crippen molar-refractivity contribution in [1.82, 2.24) is 14.2 Å². The van der Waals surface area contributed by atoms with Crippen LogP contribution < -0.4 is 0 Å². The monoisotopic (exact) mass is 453 g/mol. The maximum Gasteiger partial charge on any atom is 0.463 e. The lowest BCUT2D eigenvalue weighted by Gasteiger charge is -2.33. The lowest BCUT2D eigenvalue weighted by molar-refractivity contribution is -0.297. The van der Waals surface area contributed by atoms with E-state index in [0.29, 0.717) is 6.26 Å². The maximum atomic E-state index is 13.3. The molecule has 1 aliphatic heterocycles. The number of rotatable bonds is 4. The van der Waals surface area contributed by atoms with E-state index in [1.165, 1.54) is 33.5 Å². The summed E-state index contributed by atoms with van der Waals surface area (Å²) >= 11 is 0. The summed E-state index contributed by atoms with van der Waals surface area (Å²) in [5.41, 5.74) is 0.187. The van der Waals surface area contributed by atoms with Gasteiger partial charge in [-0.05, 0) is 12.1 Å². The minimum Gasteiger partial charge on any atom is -0.443 e. The molecular weight excluding hydrogens is 437 g/mol. The Labute approximate surface area is 168 Å². The molecule has 0 unspecified atom stereocenters. The minimum atomic E-state index is -5.84. The molecule has 1 amide bonds. The fraction of sp³-hybridized carbons (Fsp3) is 0.412. The molecule has 1 aliphatic rings. The van der Waals surface area contributed by atoms with Gasteiger partial charge in [0.15, 0.2) is 0 Å². The third-order valence-electron chi connectivity index (χ3n) is 4.55. The smallest absolute Gasteiger partial charge is 0.443 e. The van der Waals surface area contributed by atoms with Crippen molar-refractivity contribution < 1.29 is 39.6 Å². The summed E-state index contributed by atoms with van der Waals surface area (Å²) < 4.78 is 92.4. The molecule has 0 aliphatic carbocycles. The molecule has 13 heteroatoms. The summed E-state index contributed by atoms with van der Waals surface area (Å²) in [6.45, 7) is 0.731. The highest BCUT2D eigenvalue weighted by Gasteiger charge is 2.62. The Morgan fingerprint density at radius 3 is 2.10 bits per heavy atom. The van der Waals surface area contributed by atoms with Gasteiger partial charge in [-0.15, -0.1) is 0 Å². The number of oxazole rings is 1. The first-order chi connectivity index (χ1) is 13.8. The van der Waals surface area contributed by atoms with Gasteiger partial charge in [-0.25, -0.2) is 13.4 Å². The quantitative estimate of drug-likeness (QED) is 0.665. The number of hydrogen-bond acceptors (Lipinski definition) is 5. The molecule has 1 aromatic carbocycles. The molecule has 30 heavy (non-hydrogen) atoms. The number of benzene rings is 1. The lowest BCUT2D eigenvalue weighted by atomic mass is 10.1. The van der Waals surface area contributed by atoms with Gasteiger partial charge in [-0.1, -0.05) is 12.1 Å². The van der Waals surface area contributed by atoms with Crippen LogP contribution in [0.5, 0.6) is 0 Å². The Bertz CT molecular complexity index is 1030. The number of piperazine rings is 1. The van der Waals surface area contributed by atoms with E-state index in [0.717, 1.165) is 6.26 Å². The second-order valence-electron chi connectivity index (χ2n) is 6.64. The predicted molar refractivity (Wildman–Crippen MR) is 94.2 cm³/mol. The van der Waals surface area contributed by atoms with E-state index in [2.05, 4.69) is 9.40 Å². The Balaban J connectivity index is 1.71. The average molecular weight is 453 g/mol. The zero-order valence-corrected chi connectivity index (χ0v) is 16.3. The summed E-state index contributed by atoms with van der Waals surface area (Å²) in [6.07, 6.45) is -4.08. The molecule has 1 aromatic heterocycles. The second-order valence-corrected chi connectivity index (χ2v) is 8.62. The number of nitrogens with zero attached hydrogens (tertiary/aromatic N) is 3. The molecule has 0 N–H and O–H groups in total. The van der Waals surface area contributed by atoms with E-state index < -0.39 is 28.0 Å². The van der Waals surface area contributed by atoms with Gasteiger partial charge in [0, 0.05) is 37.3 Å². The normalized spacial score (nSPS) is 16.7. The fourth-order valence-corrected chi connectivity index (χ4v) is 3.69. The van der Waals surface area contributed by atoms with Crippen molar-refractivity contribution >= 4 is 15.9 Å². The van der Waals surface area contributed by atoms with Gasteiger partial charge in [-0.3, -0.25) is 4.79 Å². The molecular formula is C17H16F5N3O4S. The third kappa shape index (κ3) is 4.31. The minimum absolute atomic E-state index is 0.164. The van der Waals surface area contributed by atoms with Gasteiger partial charge in [0.25, 0.3) is 11.8 Å². The Morgan fingerprint density at radius 2 is 1.60 bits per heavy atom. The number of alkyl halides is 5. The van der Waals surface area contributed by atoms with E-state index in [-0.39, 0.29) is 48.9 Å². The van der Waals surface area contributed by atoms with Crippen LogP contribution in [0, 0.1) is 0 Å². The second kappa shape index (κ2) is 7.61. The van der Waals surface area contributed by atoms with Crippen LogP contribution in [0.2, 0.25) is 0 Å². The SMILES string of the molecule is CS(=O)(=O)N1CCN(C(=O)c2ccc(-c3coc(C(F)(F)C(F)(F)F)n3)cc2)CC1. The first-order valence-corrected chi connectivity index (χ1v) is 10.4. The molecule has 1 saturated heterocycles. The Kier molecular flexibility index (Phi) is 5.62. The van der Waals surface area contributed by atoms with Crippen molar-refractivity contribution in [3.63, 3.8) is 0 Å². The van der Waals surface area contributed by atoms with Crippen LogP contribution in [-0.4, -0.2) is 67.1 Å². The first-order valence-electron chi connectivity index (χ1n) is 8.56. The highest BCUT2D eigenvalue weighted by molar-refractivity contribution is 7.88. The summed E-state index contributed by atoms with van der Waals surface area (Å²) in [6, 6.07) is 5.43. The van der Waals surface area contributed by atoms with Crippen molar-refractivity contribution in [3.8, 4) is 11.3 Å². The van der Waals surface area contributed by atoms with Gasteiger partial charge in [0.2, 0.25) is 10.0 Å². The fourth-order valence-electron chi connectivity index (χ4n) is 2.86. The molecule has 0 bridgehead atoms. The summed E-state index contributed by atoms with van der Waals surface area (Å²) in [4.78, 5) is 17.2. The zero-order valence-electron chi connectivity index (χ0n) is 15.5. The van der Waals surface area contributed by atoms with E-state index in [9.17, 15) is 35.2 Å². The van der Waals surface area contributed by atoms with Gasteiger partial charge >= 0.3 is 12.1 Å². The van der Waals surface area contributed by atoms with E-state index >= 15 is 0 Å². The number of carbonyl (C=O) groups excluding carboxylic acids is 1. The number of hydrogen-bond donors (Lipinski definition) is 0. The summed E-state index contributed by atoms with van der Waals surface area (Å²) in [7, 11) is -3.34. The molecule has 7 nitrogen and oxygen atoms in total. The zero-order chi connectivity index (χ0) is 22.3. The van der Waals surface area contributed by atoms with Gasteiger partial charge in [0.1, 0.15) is 12.0 Å². The summed E-state index contributed by atoms with van der Waals surface area (Å²) in [5.74, 6) is -7.36. The standard InChI is InChI=1S/C17H16F5N3O4S/c1-30(27,28)25-8-6-24(7-9-25)14(26)12-4-2-11(3-5-12)13-10-29-15(23-13)16(18,19)17(20,21)22/h2-5,10H,6-9H2,1H3. The van der Waals surface area contributed by atoms with Crippen molar-refractivity contribution in [2.24, 2.45) is 0 Å². The number of halogens is 5. The first kappa shape index (κ1) is 22.2. The third-order valence-corrected chi connectivity index (χ3v) is 5.85. The molecule has 2 heterocycles. The topological polar surface area (TPSA) is 83.7 Å². The number of amides is 1. The molecule has 164 valence electrons. The van der Waals surface area contributed by atoms with Crippen LogP contribution in [0.25, 0.3) is 11.3 Å². The van der Waals surface area contributed by atoms with Crippen molar-refractivity contribution in [2.45, 2.75) is 12.1 Å². The predicted octanol–water partition coefficient (Wildman–Crippen LogP) is 2.71. The average Bonchev–Trinajstić information content (AvgIpc) is 3.17. The van der Waals surface area contributed by atoms with Crippen molar-refractivity contribution in [1.29, 1.82) is 0 Å². The van der Waals surface area contributed by atoms with E-state index in [1.807, 2.05) is 0 Å². The summed E-state index contributed by atoms with van der Waals surface area (Å²) in [5, 5.41) is 0. The highest BCUT2D eigenvalue weighted by atomic mass is 32.2. The van der Waals surface area contributed by atoms with Crippen LogP contribution >= 0.6 is 0 Å². The van der Waals surface area contributed by atoms with Crippen molar-refractivity contribution in [2.75, 3.05) is 32.4 Å². The molecule has 2 aromatic rings. The maximum absolute atomic E-state index is 13.3. The molecule has 0 saturated carbocycles. The molecule has 0 spiro atoms. The number of carbonyl (C=O) groups is 1. The molecule has 3 rings (SSSR count).